The maximum Gasteiger partial charge on any atom is 0.423 e. The quantitative estimate of drug-likeness (QED) is 0.553. The molecule has 0 aromatic carbocycles. The Morgan fingerprint density at radius 1 is 1.16 bits per heavy atom. The van der Waals surface area contributed by atoms with Crippen LogP contribution in [0.25, 0.3) is 0 Å². The standard InChI is InChI=1S/C24H28F3N7O3/c25-24(26,27)22-19(15-30-31-23(22)36)34-9-1-3-18(34)16-37-12-6-21(35)33-8-2-7-32(10-11-33)20-5-4-17(13-28)14-29-20/h4-5,14-15,18H,1-3,6-12,16H2,(H,31,36). The monoisotopic (exact) mass is 519 g/mol. The van der Waals surface area contributed by atoms with Crippen LogP contribution >= 0.6 is 0 Å². The van der Waals surface area contributed by atoms with Crippen LogP contribution in [0.4, 0.5) is 24.7 Å². The molecule has 0 saturated carbocycles. The van der Waals surface area contributed by atoms with Crippen molar-refractivity contribution < 1.29 is 22.7 Å². The molecule has 198 valence electrons. The van der Waals surface area contributed by atoms with Crippen molar-refractivity contribution in [3.05, 3.63) is 46.0 Å². The fraction of sp³-hybridized carbons (Fsp3) is 0.542. The largest absolute Gasteiger partial charge is 0.423 e. The molecular weight excluding hydrogens is 491 g/mol. The van der Waals surface area contributed by atoms with Gasteiger partial charge in [-0.25, -0.2) is 10.1 Å². The topological polar surface area (TPSA) is 118 Å². The summed E-state index contributed by atoms with van der Waals surface area (Å²) in [6.45, 7) is 3.17. The van der Waals surface area contributed by atoms with Crippen molar-refractivity contribution in [2.45, 2.75) is 37.9 Å². The first-order valence-corrected chi connectivity index (χ1v) is 12.2. The highest BCUT2D eigenvalue weighted by Gasteiger charge is 2.40. The van der Waals surface area contributed by atoms with E-state index >= 15 is 0 Å². The summed E-state index contributed by atoms with van der Waals surface area (Å²) < 4.78 is 46.1. The van der Waals surface area contributed by atoms with Gasteiger partial charge in [0, 0.05) is 38.9 Å². The van der Waals surface area contributed by atoms with E-state index in [9.17, 15) is 22.8 Å². The lowest BCUT2D eigenvalue weighted by Crippen LogP contribution is -2.38. The average Bonchev–Trinajstić information content (AvgIpc) is 3.20. The second-order valence-electron chi connectivity index (χ2n) is 9.01. The van der Waals surface area contributed by atoms with Crippen molar-refractivity contribution in [3.63, 3.8) is 0 Å². The van der Waals surface area contributed by atoms with E-state index in [1.54, 1.807) is 17.0 Å². The van der Waals surface area contributed by atoms with Crippen molar-refractivity contribution in [1.82, 2.24) is 20.1 Å². The van der Waals surface area contributed by atoms with Gasteiger partial charge in [-0.3, -0.25) is 9.59 Å². The third-order valence-corrected chi connectivity index (χ3v) is 6.63. The molecule has 10 nitrogen and oxygen atoms in total. The highest BCUT2D eigenvalue weighted by molar-refractivity contribution is 5.76. The second-order valence-corrected chi connectivity index (χ2v) is 9.01. The van der Waals surface area contributed by atoms with E-state index in [-0.39, 0.29) is 37.3 Å². The number of pyridine rings is 1. The molecule has 2 fully saturated rings. The number of anilines is 2. The van der Waals surface area contributed by atoms with Crippen LogP contribution < -0.4 is 15.4 Å². The molecule has 2 aromatic heterocycles. The summed E-state index contributed by atoms with van der Waals surface area (Å²) in [6.07, 6.45) is -0.0202. The number of halogens is 3. The van der Waals surface area contributed by atoms with Gasteiger partial charge in [0.15, 0.2) is 0 Å². The number of nitrogens with one attached hydrogen (secondary N) is 1. The van der Waals surface area contributed by atoms with Gasteiger partial charge in [0.05, 0.1) is 43.1 Å². The molecule has 13 heteroatoms. The minimum absolute atomic E-state index is 0.0453. The number of carbonyl (C=O) groups excluding carboxylic acids is 1. The summed E-state index contributed by atoms with van der Waals surface area (Å²) in [6, 6.07) is 5.22. The summed E-state index contributed by atoms with van der Waals surface area (Å²) in [5, 5.41) is 14.3. The Morgan fingerprint density at radius 2 is 2.00 bits per heavy atom. The Hall–Kier alpha value is -3.66. The molecule has 2 aromatic rings. The molecule has 0 radical (unpaired) electrons. The fourth-order valence-corrected chi connectivity index (χ4v) is 4.78. The maximum absolute atomic E-state index is 13.5. The van der Waals surface area contributed by atoms with Crippen molar-refractivity contribution in [2.75, 3.05) is 55.7 Å². The Kier molecular flexibility index (Phi) is 8.27. The molecular formula is C24H28F3N7O3. The number of ether oxygens (including phenoxy) is 1. The van der Waals surface area contributed by atoms with Crippen LogP contribution in [0.5, 0.6) is 0 Å². The number of nitriles is 1. The Labute approximate surface area is 211 Å². The van der Waals surface area contributed by atoms with Crippen LogP contribution in [0.2, 0.25) is 0 Å². The van der Waals surface area contributed by atoms with Gasteiger partial charge in [-0.1, -0.05) is 0 Å². The van der Waals surface area contributed by atoms with E-state index in [1.807, 2.05) is 11.2 Å². The molecule has 4 heterocycles. The van der Waals surface area contributed by atoms with E-state index in [0.29, 0.717) is 44.6 Å². The summed E-state index contributed by atoms with van der Waals surface area (Å²) in [4.78, 5) is 34.3. The van der Waals surface area contributed by atoms with E-state index in [4.69, 9.17) is 10.00 Å². The molecule has 1 atom stereocenters. The molecule has 1 unspecified atom stereocenters. The number of carbonyl (C=O) groups is 1. The first-order valence-electron chi connectivity index (χ1n) is 12.2. The molecule has 4 rings (SSSR count). The first-order chi connectivity index (χ1) is 17.8. The average molecular weight is 520 g/mol. The highest BCUT2D eigenvalue weighted by Crippen LogP contribution is 2.36. The predicted octanol–water partition coefficient (Wildman–Crippen LogP) is 2.17. The van der Waals surface area contributed by atoms with Crippen LogP contribution in [0.15, 0.2) is 29.3 Å². The fourth-order valence-electron chi connectivity index (χ4n) is 4.78. The number of amides is 1. The zero-order valence-electron chi connectivity index (χ0n) is 20.2. The molecule has 1 N–H and O–H groups in total. The second kappa shape index (κ2) is 11.6. The summed E-state index contributed by atoms with van der Waals surface area (Å²) in [5.74, 6) is 0.720. The molecule has 2 aliphatic rings. The van der Waals surface area contributed by atoms with Gasteiger partial charge in [0.1, 0.15) is 17.5 Å². The van der Waals surface area contributed by atoms with Crippen molar-refractivity contribution in [2.24, 2.45) is 0 Å². The van der Waals surface area contributed by atoms with Gasteiger partial charge in [-0.05, 0) is 31.4 Å². The van der Waals surface area contributed by atoms with E-state index in [0.717, 1.165) is 25.0 Å². The number of H-pyrrole nitrogens is 1. The van der Waals surface area contributed by atoms with Gasteiger partial charge in [0.2, 0.25) is 5.91 Å². The van der Waals surface area contributed by atoms with Crippen molar-refractivity contribution in [3.8, 4) is 6.07 Å². The molecule has 0 aliphatic carbocycles. The van der Waals surface area contributed by atoms with Gasteiger partial charge in [0.25, 0.3) is 5.56 Å². The number of hydrogen-bond donors (Lipinski definition) is 1. The minimum Gasteiger partial charge on any atom is -0.379 e. The molecule has 1 amide bonds. The number of alkyl halides is 3. The summed E-state index contributed by atoms with van der Waals surface area (Å²) in [5.41, 5.74) is -2.28. The van der Waals surface area contributed by atoms with E-state index in [2.05, 4.69) is 15.0 Å². The number of hydrogen-bond acceptors (Lipinski definition) is 8. The van der Waals surface area contributed by atoms with Gasteiger partial charge in [-0.2, -0.15) is 23.5 Å². The van der Waals surface area contributed by atoms with Crippen molar-refractivity contribution in [1.29, 1.82) is 5.26 Å². The maximum atomic E-state index is 13.5. The smallest absolute Gasteiger partial charge is 0.379 e. The third kappa shape index (κ3) is 6.37. The predicted molar refractivity (Wildman–Crippen MR) is 128 cm³/mol. The Balaban J connectivity index is 1.26. The Morgan fingerprint density at radius 3 is 2.73 bits per heavy atom. The molecule has 2 saturated heterocycles. The zero-order chi connectivity index (χ0) is 26.4. The zero-order valence-corrected chi connectivity index (χ0v) is 20.2. The van der Waals surface area contributed by atoms with Crippen LogP contribution in [0, 0.1) is 11.3 Å². The van der Waals surface area contributed by atoms with Gasteiger partial charge < -0.3 is 19.4 Å². The lowest BCUT2D eigenvalue weighted by molar-refractivity contribution is -0.138. The molecule has 37 heavy (non-hydrogen) atoms. The molecule has 0 bridgehead atoms. The number of rotatable bonds is 7. The van der Waals surface area contributed by atoms with Crippen molar-refractivity contribution >= 4 is 17.4 Å². The highest BCUT2D eigenvalue weighted by atomic mass is 19.4. The normalized spacial score (nSPS) is 18.5. The third-order valence-electron chi connectivity index (χ3n) is 6.63. The lowest BCUT2D eigenvalue weighted by atomic mass is 10.2. The van der Waals surface area contributed by atoms with Crippen LogP contribution in [0.1, 0.15) is 36.8 Å². The molecule has 0 spiro atoms. The van der Waals surface area contributed by atoms with Crippen LogP contribution in [-0.4, -0.2) is 78.0 Å². The number of aromatic nitrogens is 3. The van der Waals surface area contributed by atoms with Crippen LogP contribution in [0.3, 0.4) is 0 Å². The summed E-state index contributed by atoms with van der Waals surface area (Å²) >= 11 is 0. The molecule has 2 aliphatic heterocycles. The van der Waals surface area contributed by atoms with Gasteiger partial charge >= 0.3 is 6.18 Å². The van der Waals surface area contributed by atoms with Crippen LogP contribution in [-0.2, 0) is 15.7 Å². The minimum atomic E-state index is -4.80. The van der Waals surface area contributed by atoms with E-state index in [1.165, 1.54) is 11.1 Å². The number of nitrogens with zero attached hydrogens (tertiary/aromatic N) is 6. The van der Waals surface area contributed by atoms with E-state index < -0.39 is 17.3 Å². The lowest BCUT2D eigenvalue weighted by Gasteiger charge is -2.28. The number of aromatic amines is 1. The SMILES string of the molecule is N#Cc1ccc(N2CCCN(C(=O)CCOCC3CCCN3c3cn[nH]c(=O)c3C(F)(F)F)CC2)nc1. The first kappa shape index (κ1) is 26.4. The Bertz CT molecular complexity index is 1180. The van der Waals surface area contributed by atoms with Gasteiger partial charge in [-0.15, -0.1) is 0 Å². The summed E-state index contributed by atoms with van der Waals surface area (Å²) in [7, 11) is 0.